The van der Waals surface area contributed by atoms with Crippen LogP contribution in [0.25, 0.3) is 12.2 Å². The predicted octanol–water partition coefficient (Wildman–Crippen LogP) is 4.30. The molecule has 2 heterocycles. The second-order valence-corrected chi connectivity index (χ2v) is 5.54. The van der Waals surface area contributed by atoms with Crippen molar-refractivity contribution in [1.29, 1.82) is 0 Å². The number of aryl methyl sites for hydroxylation is 1. The van der Waals surface area contributed by atoms with E-state index in [2.05, 4.69) is 37.3 Å². The van der Waals surface area contributed by atoms with E-state index in [1.807, 2.05) is 6.07 Å². The molecule has 2 rings (SSSR count). The minimum Gasteiger partial charge on any atom is -0.487 e. The molecule has 0 N–H and O–H groups in total. The van der Waals surface area contributed by atoms with Gasteiger partial charge in [0.2, 0.25) is 0 Å². The third-order valence-corrected chi connectivity index (χ3v) is 3.95. The van der Waals surface area contributed by atoms with E-state index in [0.29, 0.717) is 0 Å². The molecule has 78 valence electrons. The van der Waals surface area contributed by atoms with E-state index in [-0.39, 0.29) is 0 Å². The molecule has 3 heteroatoms. The number of thiophene rings is 2. The summed E-state index contributed by atoms with van der Waals surface area (Å²) in [6, 6.07) is 8.34. The number of methoxy groups -OCH3 is 1. The Morgan fingerprint density at radius 3 is 2.20 bits per heavy atom. The summed E-state index contributed by atoms with van der Waals surface area (Å²) < 4.78 is 5.14. The van der Waals surface area contributed by atoms with Crippen molar-refractivity contribution in [3.05, 3.63) is 38.9 Å². The number of hydrogen-bond acceptors (Lipinski definition) is 3. The summed E-state index contributed by atoms with van der Waals surface area (Å²) in [5.74, 6) is 0. The summed E-state index contributed by atoms with van der Waals surface area (Å²) >= 11 is 3.46. The van der Waals surface area contributed by atoms with Crippen LogP contribution < -0.4 is 4.74 Å². The smallest absolute Gasteiger partial charge is 0.173 e. The van der Waals surface area contributed by atoms with Gasteiger partial charge in [-0.3, -0.25) is 0 Å². The van der Waals surface area contributed by atoms with Crippen LogP contribution in [0.3, 0.4) is 0 Å². The van der Waals surface area contributed by atoms with Crippen LogP contribution in [-0.2, 0) is 0 Å². The topological polar surface area (TPSA) is 9.23 Å². The highest BCUT2D eigenvalue weighted by molar-refractivity contribution is 7.15. The van der Waals surface area contributed by atoms with Crippen LogP contribution in [0.15, 0.2) is 24.3 Å². The second kappa shape index (κ2) is 4.64. The molecule has 0 saturated heterocycles. The minimum absolute atomic E-state index is 0.956. The Hall–Kier alpha value is -1.06. The zero-order valence-corrected chi connectivity index (χ0v) is 10.3. The molecule has 0 aliphatic carbocycles. The fraction of sp³-hybridized carbons (Fsp3) is 0.167. The molecule has 2 aromatic heterocycles. The lowest BCUT2D eigenvalue weighted by Crippen LogP contribution is -1.73. The van der Waals surface area contributed by atoms with Gasteiger partial charge in [-0.05, 0) is 43.3 Å². The molecular weight excluding hydrogens is 224 g/mol. The van der Waals surface area contributed by atoms with E-state index >= 15 is 0 Å². The van der Waals surface area contributed by atoms with Crippen molar-refractivity contribution in [3.63, 3.8) is 0 Å². The molecule has 15 heavy (non-hydrogen) atoms. The van der Waals surface area contributed by atoms with Crippen LogP contribution in [0, 0.1) is 6.92 Å². The number of ether oxygens (including phenoxy) is 1. The lowest BCUT2D eigenvalue weighted by Gasteiger charge is -1.88. The fourth-order valence-corrected chi connectivity index (χ4v) is 2.74. The minimum atomic E-state index is 0.956. The molecule has 1 nitrogen and oxygen atoms in total. The summed E-state index contributed by atoms with van der Waals surface area (Å²) in [6.45, 7) is 2.12. The summed E-state index contributed by atoms with van der Waals surface area (Å²) in [5, 5.41) is 0.956. The first-order valence-corrected chi connectivity index (χ1v) is 6.29. The molecule has 0 saturated carbocycles. The number of hydrogen-bond donors (Lipinski definition) is 0. The highest BCUT2D eigenvalue weighted by Gasteiger charge is 1.96. The van der Waals surface area contributed by atoms with Gasteiger partial charge in [0.15, 0.2) is 5.06 Å². The third-order valence-electron chi connectivity index (χ3n) is 1.98. The Balaban J connectivity index is 2.11. The van der Waals surface area contributed by atoms with E-state index in [9.17, 15) is 0 Å². The average molecular weight is 236 g/mol. The molecule has 0 radical (unpaired) electrons. The Morgan fingerprint density at radius 2 is 1.67 bits per heavy atom. The van der Waals surface area contributed by atoms with Crippen LogP contribution in [0.1, 0.15) is 14.6 Å². The van der Waals surface area contributed by atoms with Gasteiger partial charge in [-0.2, -0.15) is 0 Å². The molecule has 0 bridgehead atoms. The lowest BCUT2D eigenvalue weighted by atomic mass is 10.3. The first kappa shape index (κ1) is 10.5. The van der Waals surface area contributed by atoms with Crippen molar-refractivity contribution in [2.24, 2.45) is 0 Å². The maximum absolute atomic E-state index is 5.14. The highest BCUT2D eigenvalue weighted by atomic mass is 32.1. The molecule has 0 spiro atoms. The van der Waals surface area contributed by atoms with Crippen LogP contribution in [0.5, 0.6) is 5.06 Å². The zero-order valence-electron chi connectivity index (χ0n) is 8.69. The normalized spacial score (nSPS) is 11.1. The molecule has 0 aliphatic heterocycles. The van der Waals surface area contributed by atoms with E-state index in [0.717, 1.165) is 5.06 Å². The maximum atomic E-state index is 5.14. The lowest BCUT2D eigenvalue weighted by molar-refractivity contribution is 0.427. The van der Waals surface area contributed by atoms with Crippen molar-refractivity contribution < 1.29 is 4.74 Å². The van der Waals surface area contributed by atoms with Crippen LogP contribution >= 0.6 is 22.7 Å². The predicted molar refractivity (Wildman–Crippen MR) is 68.9 cm³/mol. The van der Waals surface area contributed by atoms with Gasteiger partial charge in [0.25, 0.3) is 0 Å². The van der Waals surface area contributed by atoms with Crippen molar-refractivity contribution in [3.8, 4) is 5.06 Å². The molecule has 0 amide bonds. The first-order chi connectivity index (χ1) is 7.28. The van der Waals surface area contributed by atoms with Crippen molar-refractivity contribution >= 4 is 34.8 Å². The molecule has 0 unspecified atom stereocenters. The van der Waals surface area contributed by atoms with Crippen LogP contribution in [0.4, 0.5) is 0 Å². The second-order valence-electron chi connectivity index (χ2n) is 3.14. The molecule has 0 aromatic carbocycles. The molecular formula is C12H12OS2. The van der Waals surface area contributed by atoms with Crippen molar-refractivity contribution in [2.75, 3.05) is 7.11 Å². The maximum Gasteiger partial charge on any atom is 0.173 e. The Bertz CT molecular complexity index is 465. The Morgan fingerprint density at radius 1 is 1.00 bits per heavy atom. The van der Waals surface area contributed by atoms with Gasteiger partial charge in [0, 0.05) is 14.6 Å². The van der Waals surface area contributed by atoms with Gasteiger partial charge in [0.1, 0.15) is 0 Å². The highest BCUT2D eigenvalue weighted by Crippen LogP contribution is 2.26. The summed E-state index contributed by atoms with van der Waals surface area (Å²) in [7, 11) is 1.70. The van der Waals surface area contributed by atoms with E-state index in [1.165, 1.54) is 14.6 Å². The molecule has 0 fully saturated rings. The Labute approximate surface area is 97.7 Å². The molecule has 0 aliphatic rings. The third kappa shape index (κ3) is 2.70. The fourth-order valence-electron chi connectivity index (χ4n) is 1.24. The SMILES string of the molecule is COc1ccc(C=Cc2ccc(C)s2)s1. The van der Waals surface area contributed by atoms with Gasteiger partial charge < -0.3 is 4.74 Å². The van der Waals surface area contributed by atoms with Crippen LogP contribution in [-0.4, -0.2) is 7.11 Å². The van der Waals surface area contributed by atoms with Gasteiger partial charge in [0.05, 0.1) is 7.11 Å². The monoisotopic (exact) mass is 236 g/mol. The summed E-state index contributed by atoms with van der Waals surface area (Å²) in [6.07, 6.45) is 4.27. The largest absolute Gasteiger partial charge is 0.487 e. The Kier molecular flexibility index (Phi) is 3.23. The van der Waals surface area contributed by atoms with Crippen LogP contribution in [0.2, 0.25) is 0 Å². The molecule has 2 aromatic rings. The van der Waals surface area contributed by atoms with Crippen molar-refractivity contribution in [2.45, 2.75) is 6.92 Å². The van der Waals surface area contributed by atoms with Gasteiger partial charge in [-0.15, -0.1) is 11.3 Å². The number of rotatable bonds is 3. The van der Waals surface area contributed by atoms with E-state index < -0.39 is 0 Å². The molecule has 0 atom stereocenters. The van der Waals surface area contributed by atoms with E-state index in [1.54, 1.807) is 29.8 Å². The quantitative estimate of drug-likeness (QED) is 0.772. The first-order valence-electron chi connectivity index (χ1n) is 4.66. The summed E-state index contributed by atoms with van der Waals surface area (Å²) in [4.78, 5) is 3.86. The van der Waals surface area contributed by atoms with Gasteiger partial charge >= 0.3 is 0 Å². The van der Waals surface area contributed by atoms with Gasteiger partial charge in [-0.1, -0.05) is 11.3 Å². The zero-order chi connectivity index (χ0) is 10.7. The van der Waals surface area contributed by atoms with Gasteiger partial charge in [-0.25, -0.2) is 0 Å². The van der Waals surface area contributed by atoms with Crippen molar-refractivity contribution in [1.82, 2.24) is 0 Å². The van der Waals surface area contributed by atoms with E-state index in [4.69, 9.17) is 4.74 Å². The summed E-state index contributed by atoms with van der Waals surface area (Å²) in [5.41, 5.74) is 0. The average Bonchev–Trinajstić information content (AvgIpc) is 2.83. The standard InChI is InChI=1S/C12H12OS2/c1-9-3-4-10(14-9)5-6-11-7-8-12(13-2)15-11/h3-8H,1-2H3.